The van der Waals surface area contributed by atoms with Crippen LogP contribution in [0, 0.1) is 0 Å². The van der Waals surface area contributed by atoms with Crippen LogP contribution in [0.3, 0.4) is 0 Å². The highest BCUT2D eigenvalue weighted by Crippen LogP contribution is 2.18. The predicted molar refractivity (Wildman–Crippen MR) is 106 cm³/mol. The summed E-state index contributed by atoms with van der Waals surface area (Å²) in [7, 11) is -3.38. The Kier molecular flexibility index (Phi) is 4.40. The molecule has 140 valence electrons. The standard InChI is InChI=1S/C20H16N4O3S/c1-28(26,27)16-6-4-5-14(11-16)20(25)23-15-9-10-19(21-12-15)24-13-22-17-7-2-3-8-18(17)24/h2-13H,1H3,(H,23,25). The van der Waals surface area contributed by atoms with Gasteiger partial charge in [0.05, 0.1) is 27.8 Å². The minimum Gasteiger partial charge on any atom is -0.321 e. The van der Waals surface area contributed by atoms with Crippen LogP contribution in [0.4, 0.5) is 5.69 Å². The molecule has 0 aliphatic carbocycles. The molecular weight excluding hydrogens is 376 g/mol. The molecule has 0 saturated carbocycles. The molecule has 8 heteroatoms. The number of benzene rings is 2. The number of fused-ring (bicyclic) bond motifs is 1. The van der Waals surface area contributed by atoms with Gasteiger partial charge in [-0.3, -0.25) is 9.36 Å². The number of aromatic nitrogens is 3. The monoisotopic (exact) mass is 392 g/mol. The number of hydrogen-bond donors (Lipinski definition) is 1. The Labute approximate surface area is 161 Å². The second-order valence-corrected chi connectivity index (χ2v) is 8.28. The van der Waals surface area contributed by atoms with Crippen molar-refractivity contribution >= 4 is 32.5 Å². The van der Waals surface area contributed by atoms with Gasteiger partial charge in [0.15, 0.2) is 9.84 Å². The van der Waals surface area contributed by atoms with E-state index in [4.69, 9.17) is 0 Å². The number of nitrogens with zero attached hydrogens (tertiary/aromatic N) is 3. The second kappa shape index (κ2) is 6.90. The lowest BCUT2D eigenvalue weighted by atomic mass is 10.2. The highest BCUT2D eigenvalue weighted by atomic mass is 32.2. The Hall–Kier alpha value is -3.52. The summed E-state index contributed by atoms with van der Waals surface area (Å²) in [5.41, 5.74) is 2.56. The molecular formula is C20H16N4O3S. The Morgan fingerprint density at radius 3 is 2.57 bits per heavy atom. The molecule has 0 saturated heterocycles. The van der Waals surface area contributed by atoms with Gasteiger partial charge >= 0.3 is 0 Å². The first-order valence-electron chi connectivity index (χ1n) is 8.42. The maximum atomic E-state index is 12.4. The molecule has 0 unspecified atom stereocenters. The van der Waals surface area contributed by atoms with Crippen LogP contribution in [0.15, 0.2) is 78.1 Å². The van der Waals surface area contributed by atoms with E-state index < -0.39 is 15.7 Å². The predicted octanol–water partition coefficient (Wildman–Crippen LogP) is 3.08. The fraction of sp³-hybridized carbons (Fsp3) is 0.0500. The number of hydrogen-bond acceptors (Lipinski definition) is 5. The molecule has 1 amide bonds. The SMILES string of the molecule is CS(=O)(=O)c1cccc(C(=O)Nc2ccc(-n3cnc4ccccc43)nc2)c1. The molecule has 4 aromatic rings. The largest absolute Gasteiger partial charge is 0.321 e. The number of para-hydroxylation sites is 2. The Morgan fingerprint density at radius 1 is 1.00 bits per heavy atom. The highest BCUT2D eigenvalue weighted by molar-refractivity contribution is 7.90. The summed E-state index contributed by atoms with van der Waals surface area (Å²) in [6.07, 6.45) is 4.34. The third-order valence-corrected chi connectivity index (χ3v) is 5.34. The van der Waals surface area contributed by atoms with Crippen molar-refractivity contribution in [2.24, 2.45) is 0 Å². The van der Waals surface area contributed by atoms with E-state index in [2.05, 4.69) is 15.3 Å². The number of rotatable bonds is 4. The summed E-state index contributed by atoms with van der Waals surface area (Å²) >= 11 is 0. The fourth-order valence-electron chi connectivity index (χ4n) is 2.82. The number of nitrogens with one attached hydrogen (secondary N) is 1. The van der Waals surface area contributed by atoms with Crippen molar-refractivity contribution < 1.29 is 13.2 Å². The molecule has 2 heterocycles. The molecule has 0 aliphatic rings. The molecule has 1 N–H and O–H groups in total. The van der Waals surface area contributed by atoms with E-state index in [1.165, 1.54) is 18.2 Å². The lowest BCUT2D eigenvalue weighted by Gasteiger charge is -2.08. The van der Waals surface area contributed by atoms with Crippen LogP contribution in [-0.4, -0.2) is 35.1 Å². The molecule has 2 aromatic carbocycles. The quantitative estimate of drug-likeness (QED) is 0.576. The van der Waals surface area contributed by atoms with Crippen molar-refractivity contribution in [2.75, 3.05) is 11.6 Å². The summed E-state index contributed by atoms with van der Waals surface area (Å²) in [4.78, 5) is 21.3. The molecule has 28 heavy (non-hydrogen) atoms. The number of pyridine rings is 1. The molecule has 0 aliphatic heterocycles. The van der Waals surface area contributed by atoms with Crippen LogP contribution >= 0.6 is 0 Å². The van der Waals surface area contributed by atoms with Gasteiger partial charge in [-0.25, -0.2) is 18.4 Å². The van der Waals surface area contributed by atoms with Crippen LogP contribution in [0.1, 0.15) is 10.4 Å². The van der Waals surface area contributed by atoms with E-state index in [0.29, 0.717) is 11.5 Å². The molecule has 0 atom stereocenters. The van der Waals surface area contributed by atoms with E-state index >= 15 is 0 Å². The summed E-state index contributed by atoms with van der Waals surface area (Å²) in [6, 6.07) is 17.1. The summed E-state index contributed by atoms with van der Waals surface area (Å²) in [5, 5.41) is 2.73. The minimum absolute atomic E-state index is 0.0978. The van der Waals surface area contributed by atoms with E-state index in [-0.39, 0.29) is 10.5 Å². The van der Waals surface area contributed by atoms with Crippen LogP contribution in [0.25, 0.3) is 16.9 Å². The maximum absolute atomic E-state index is 12.4. The summed E-state index contributed by atoms with van der Waals surface area (Å²) < 4.78 is 25.2. The lowest BCUT2D eigenvalue weighted by molar-refractivity contribution is 0.102. The van der Waals surface area contributed by atoms with Gasteiger partial charge < -0.3 is 5.32 Å². The van der Waals surface area contributed by atoms with Crippen LogP contribution < -0.4 is 5.32 Å². The van der Waals surface area contributed by atoms with Gasteiger partial charge in [-0.15, -0.1) is 0 Å². The molecule has 4 rings (SSSR count). The van der Waals surface area contributed by atoms with E-state index in [1.54, 1.807) is 30.7 Å². The number of anilines is 1. The van der Waals surface area contributed by atoms with Gasteiger partial charge in [0.25, 0.3) is 5.91 Å². The normalized spacial score (nSPS) is 11.5. The molecule has 0 spiro atoms. The van der Waals surface area contributed by atoms with E-state index in [0.717, 1.165) is 17.3 Å². The molecule has 0 radical (unpaired) electrons. The van der Waals surface area contributed by atoms with Crippen molar-refractivity contribution in [3.8, 4) is 5.82 Å². The Morgan fingerprint density at radius 2 is 1.82 bits per heavy atom. The van der Waals surface area contributed by atoms with Gasteiger partial charge in [-0.1, -0.05) is 18.2 Å². The van der Waals surface area contributed by atoms with Crippen molar-refractivity contribution in [1.29, 1.82) is 0 Å². The van der Waals surface area contributed by atoms with Gasteiger partial charge in [0.1, 0.15) is 12.1 Å². The van der Waals surface area contributed by atoms with E-state index in [1.807, 2.05) is 28.8 Å². The van der Waals surface area contributed by atoms with Crippen LogP contribution in [0.5, 0.6) is 0 Å². The van der Waals surface area contributed by atoms with Crippen molar-refractivity contribution in [3.05, 3.63) is 78.8 Å². The van der Waals surface area contributed by atoms with Gasteiger partial charge in [0.2, 0.25) is 0 Å². The van der Waals surface area contributed by atoms with E-state index in [9.17, 15) is 13.2 Å². The fourth-order valence-corrected chi connectivity index (χ4v) is 3.48. The number of imidazole rings is 1. The van der Waals surface area contributed by atoms with Crippen molar-refractivity contribution in [2.45, 2.75) is 4.90 Å². The smallest absolute Gasteiger partial charge is 0.255 e. The zero-order chi connectivity index (χ0) is 19.7. The third kappa shape index (κ3) is 3.49. The molecule has 0 bridgehead atoms. The average Bonchev–Trinajstić information content (AvgIpc) is 3.12. The van der Waals surface area contributed by atoms with Crippen LogP contribution in [-0.2, 0) is 9.84 Å². The molecule has 2 aromatic heterocycles. The number of amides is 1. The second-order valence-electron chi connectivity index (χ2n) is 6.26. The Bertz CT molecular complexity index is 1280. The van der Waals surface area contributed by atoms with Crippen LogP contribution in [0.2, 0.25) is 0 Å². The maximum Gasteiger partial charge on any atom is 0.255 e. The molecule has 7 nitrogen and oxygen atoms in total. The lowest BCUT2D eigenvalue weighted by Crippen LogP contribution is -2.13. The Balaban J connectivity index is 1.56. The van der Waals surface area contributed by atoms with Crippen molar-refractivity contribution in [1.82, 2.24) is 14.5 Å². The first-order valence-corrected chi connectivity index (χ1v) is 10.3. The van der Waals surface area contributed by atoms with Gasteiger partial charge in [-0.05, 0) is 42.5 Å². The first kappa shape index (κ1) is 17.9. The van der Waals surface area contributed by atoms with Crippen molar-refractivity contribution in [3.63, 3.8) is 0 Å². The molecule has 0 fully saturated rings. The number of carbonyl (C=O) groups excluding carboxylic acids is 1. The average molecular weight is 392 g/mol. The number of carbonyl (C=O) groups is 1. The van der Waals surface area contributed by atoms with Gasteiger partial charge in [0, 0.05) is 11.8 Å². The highest BCUT2D eigenvalue weighted by Gasteiger charge is 2.12. The summed E-state index contributed by atoms with van der Waals surface area (Å²) in [6.45, 7) is 0. The topological polar surface area (TPSA) is 94.0 Å². The number of sulfone groups is 1. The zero-order valence-electron chi connectivity index (χ0n) is 14.9. The minimum atomic E-state index is -3.38. The summed E-state index contributed by atoms with van der Waals surface area (Å²) in [5.74, 6) is 0.263. The first-order chi connectivity index (χ1) is 13.4. The zero-order valence-corrected chi connectivity index (χ0v) is 15.7. The van der Waals surface area contributed by atoms with Gasteiger partial charge in [-0.2, -0.15) is 0 Å². The third-order valence-electron chi connectivity index (χ3n) is 4.23.